The summed E-state index contributed by atoms with van der Waals surface area (Å²) in [6.45, 7) is 1.68. The van der Waals surface area contributed by atoms with Crippen LogP contribution in [0.15, 0.2) is 35.4 Å². The fourth-order valence-corrected chi connectivity index (χ4v) is 1.77. The van der Waals surface area contributed by atoms with Gasteiger partial charge in [0.1, 0.15) is 0 Å². The summed E-state index contributed by atoms with van der Waals surface area (Å²) in [7, 11) is 0. The van der Waals surface area contributed by atoms with E-state index in [1.807, 2.05) is 6.07 Å². The molecular weight excluding hydrogens is 220 g/mol. The van der Waals surface area contributed by atoms with Gasteiger partial charge in [0.15, 0.2) is 0 Å². The molecule has 0 saturated carbocycles. The second-order valence-electron chi connectivity index (χ2n) is 3.88. The van der Waals surface area contributed by atoms with Crippen LogP contribution < -0.4 is 5.01 Å². The van der Waals surface area contributed by atoms with E-state index >= 15 is 0 Å². The Hall–Kier alpha value is -2.17. The van der Waals surface area contributed by atoms with E-state index in [2.05, 4.69) is 5.10 Å². The molecule has 0 aromatic heterocycles. The summed E-state index contributed by atoms with van der Waals surface area (Å²) in [5, 5.41) is 14.1. The molecule has 1 aliphatic heterocycles. The van der Waals surface area contributed by atoms with E-state index in [0.717, 1.165) is 0 Å². The molecule has 2 rings (SSSR count). The minimum atomic E-state index is -0.993. The standard InChI is InChI=1S/C12H12N2O3/c1-8-10(7-11(15)16)12(17)14(13-8)9-5-3-2-4-6-9/h2-6,10H,7H2,1H3,(H,15,16)/t10-/m1/s1. The number of para-hydroxylation sites is 1. The van der Waals surface area contributed by atoms with E-state index in [1.54, 1.807) is 31.2 Å². The van der Waals surface area contributed by atoms with Crippen LogP contribution in [0.4, 0.5) is 5.69 Å². The molecule has 0 radical (unpaired) electrons. The van der Waals surface area contributed by atoms with Gasteiger partial charge in [-0.05, 0) is 19.1 Å². The zero-order valence-corrected chi connectivity index (χ0v) is 9.33. The lowest BCUT2D eigenvalue weighted by Gasteiger charge is -2.13. The highest BCUT2D eigenvalue weighted by Gasteiger charge is 2.35. The number of hydrogen-bond acceptors (Lipinski definition) is 3. The van der Waals surface area contributed by atoms with Crippen LogP contribution in [0.5, 0.6) is 0 Å². The lowest BCUT2D eigenvalue weighted by atomic mass is 10.0. The quantitative estimate of drug-likeness (QED) is 0.858. The molecule has 88 valence electrons. The number of carboxylic acid groups (broad SMARTS) is 1. The number of carbonyl (C=O) groups excluding carboxylic acids is 1. The molecule has 0 aliphatic carbocycles. The summed E-state index contributed by atoms with van der Waals surface area (Å²) in [6, 6.07) is 8.97. The van der Waals surface area contributed by atoms with Gasteiger partial charge in [-0.1, -0.05) is 18.2 Å². The highest BCUT2D eigenvalue weighted by atomic mass is 16.4. The Labute approximate surface area is 98.4 Å². The predicted octanol–water partition coefficient (Wildman–Crippen LogP) is 1.50. The number of carboxylic acids is 1. The molecule has 1 aromatic carbocycles. The molecule has 1 aromatic rings. The van der Waals surface area contributed by atoms with Gasteiger partial charge in [-0.2, -0.15) is 5.10 Å². The first kappa shape index (κ1) is 11.3. The molecule has 0 unspecified atom stereocenters. The monoisotopic (exact) mass is 232 g/mol. The van der Waals surface area contributed by atoms with Crippen molar-refractivity contribution in [2.24, 2.45) is 11.0 Å². The molecule has 1 aliphatic rings. The Morgan fingerprint density at radius 2 is 2.06 bits per heavy atom. The molecule has 17 heavy (non-hydrogen) atoms. The number of nitrogens with zero attached hydrogens (tertiary/aromatic N) is 2. The molecule has 1 heterocycles. The molecule has 0 saturated heterocycles. The topological polar surface area (TPSA) is 70.0 Å². The number of hydrogen-bond donors (Lipinski definition) is 1. The summed E-state index contributed by atoms with van der Waals surface area (Å²) >= 11 is 0. The second kappa shape index (κ2) is 4.37. The van der Waals surface area contributed by atoms with Crippen molar-refractivity contribution in [1.82, 2.24) is 0 Å². The SMILES string of the molecule is CC1=NN(c2ccccc2)C(=O)[C@@H]1CC(=O)O. The average molecular weight is 232 g/mol. The average Bonchev–Trinajstić information content (AvgIpc) is 2.58. The van der Waals surface area contributed by atoms with Gasteiger partial charge >= 0.3 is 5.97 Å². The second-order valence-corrected chi connectivity index (χ2v) is 3.88. The molecule has 1 N–H and O–H groups in total. The molecule has 1 amide bonds. The summed E-state index contributed by atoms with van der Waals surface area (Å²) in [6.07, 6.45) is -0.211. The van der Waals surface area contributed by atoms with Gasteiger partial charge in [0, 0.05) is 5.71 Å². The summed E-state index contributed by atoms with van der Waals surface area (Å²) < 4.78 is 0. The van der Waals surface area contributed by atoms with Gasteiger partial charge in [-0.3, -0.25) is 9.59 Å². The Morgan fingerprint density at radius 3 is 2.65 bits per heavy atom. The summed E-state index contributed by atoms with van der Waals surface area (Å²) in [5.41, 5.74) is 1.20. The predicted molar refractivity (Wildman–Crippen MR) is 62.8 cm³/mol. The zero-order valence-electron chi connectivity index (χ0n) is 9.33. The van der Waals surface area contributed by atoms with Crippen molar-refractivity contribution in [3.8, 4) is 0 Å². The van der Waals surface area contributed by atoms with Gasteiger partial charge < -0.3 is 5.11 Å². The molecule has 0 bridgehead atoms. The van der Waals surface area contributed by atoms with Crippen molar-refractivity contribution in [3.05, 3.63) is 30.3 Å². The van der Waals surface area contributed by atoms with Crippen LogP contribution in [0.25, 0.3) is 0 Å². The fraction of sp³-hybridized carbons (Fsp3) is 0.250. The number of anilines is 1. The maximum atomic E-state index is 12.0. The van der Waals surface area contributed by atoms with E-state index in [1.165, 1.54) is 5.01 Å². The zero-order chi connectivity index (χ0) is 12.4. The van der Waals surface area contributed by atoms with Crippen molar-refractivity contribution in [2.45, 2.75) is 13.3 Å². The number of rotatable bonds is 3. The highest BCUT2D eigenvalue weighted by Crippen LogP contribution is 2.25. The normalized spacial score (nSPS) is 19.4. The van der Waals surface area contributed by atoms with Crippen LogP contribution in [0.2, 0.25) is 0 Å². The van der Waals surface area contributed by atoms with Gasteiger partial charge in [0.2, 0.25) is 0 Å². The lowest BCUT2D eigenvalue weighted by Crippen LogP contribution is -2.28. The summed E-state index contributed by atoms with van der Waals surface area (Å²) in [4.78, 5) is 22.7. The number of amides is 1. The third kappa shape index (κ3) is 2.18. The maximum absolute atomic E-state index is 12.0. The molecule has 0 spiro atoms. The van der Waals surface area contributed by atoms with Crippen LogP contribution in [0.1, 0.15) is 13.3 Å². The van der Waals surface area contributed by atoms with E-state index in [9.17, 15) is 9.59 Å². The van der Waals surface area contributed by atoms with Crippen LogP contribution in [-0.4, -0.2) is 22.7 Å². The van der Waals surface area contributed by atoms with Crippen LogP contribution in [0, 0.1) is 5.92 Å². The van der Waals surface area contributed by atoms with Crippen molar-refractivity contribution >= 4 is 23.3 Å². The van der Waals surface area contributed by atoms with Gasteiger partial charge in [-0.25, -0.2) is 5.01 Å². The largest absolute Gasteiger partial charge is 0.481 e. The fourth-order valence-electron chi connectivity index (χ4n) is 1.77. The number of benzene rings is 1. The molecule has 5 heteroatoms. The first-order valence-corrected chi connectivity index (χ1v) is 5.25. The first-order chi connectivity index (χ1) is 8.09. The van der Waals surface area contributed by atoms with Crippen LogP contribution >= 0.6 is 0 Å². The minimum Gasteiger partial charge on any atom is -0.481 e. The molecule has 1 atom stereocenters. The number of aliphatic carboxylic acids is 1. The number of carbonyl (C=O) groups is 2. The van der Waals surface area contributed by atoms with Crippen molar-refractivity contribution in [2.75, 3.05) is 5.01 Å². The van der Waals surface area contributed by atoms with E-state index in [4.69, 9.17) is 5.11 Å². The van der Waals surface area contributed by atoms with Crippen molar-refractivity contribution < 1.29 is 14.7 Å². The smallest absolute Gasteiger partial charge is 0.304 e. The molecule has 0 fully saturated rings. The molecular formula is C12H12N2O3. The minimum absolute atomic E-state index is 0.211. The van der Waals surface area contributed by atoms with Gasteiger partial charge in [-0.15, -0.1) is 0 Å². The Balaban J connectivity index is 2.24. The lowest BCUT2D eigenvalue weighted by molar-refractivity contribution is -0.139. The van der Waals surface area contributed by atoms with Gasteiger partial charge in [0.05, 0.1) is 18.0 Å². The van der Waals surface area contributed by atoms with Gasteiger partial charge in [0.25, 0.3) is 5.91 Å². The maximum Gasteiger partial charge on any atom is 0.304 e. The molecule has 5 nitrogen and oxygen atoms in total. The van der Waals surface area contributed by atoms with Crippen LogP contribution in [0.3, 0.4) is 0 Å². The highest BCUT2D eigenvalue weighted by molar-refractivity contribution is 6.15. The summed E-state index contributed by atoms with van der Waals surface area (Å²) in [5.74, 6) is -1.92. The first-order valence-electron chi connectivity index (χ1n) is 5.25. The Bertz CT molecular complexity index is 482. The van der Waals surface area contributed by atoms with Crippen molar-refractivity contribution in [3.63, 3.8) is 0 Å². The number of hydrazone groups is 1. The third-order valence-corrected chi connectivity index (χ3v) is 2.65. The van der Waals surface area contributed by atoms with E-state index in [0.29, 0.717) is 11.4 Å². The van der Waals surface area contributed by atoms with E-state index in [-0.39, 0.29) is 12.3 Å². The Kier molecular flexibility index (Phi) is 2.91. The van der Waals surface area contributed by atoms with Crippen molar-refractivity contribution in [1.29, 1.82) is 0 Å². The van der Waals surface area contributed by atoms with E-state index < -0.39 is 11.9 Å². The third-order valence-electron chi connectivity index (χ3n) is 2.65. The van der Waals surface area contributed by atoms with Crippen LogP contribution in [-0.2, 0) is 9.59 Å². The Morgan fingerprint density at radius 1 is 1.41 bits per heavy atom.